The van der Waals surface area contributed by atoms with Crippen LogP contribution < -0.4 is 4.74 Å². The van der Waals surface area contributed by atoms with Gasteiger partial charge < -0.3 is 9.84 Å². The fourth-order valence-electron chi connectivity index (χ4n) is 1.75. The second-order valence-electron chi connectivity index (χ2n) is 4.18. The summed E-state index contributed by atoms with van der Waals surface area (Å²) in [6, 6.07) is 7.76. The summed E-state index contributed by atoms with van der Waals surface area (Å²) in [6.45, 7) is 0. The molecule has 0 atom stereocenters. The summed E-state index contributed by atoms with van der Waals surface area (Å²) in [6.07, 6.45) is 1.16. The SMILES string of the molecule is O=C(Cc1cc(O)n2ncnc2n1)Oc1ccc(Cl)cc1. The van der Waals surface area contributed by atoms with Crippen molar-refractivity contribution in [2.75, 3.05) is 0 Å². The molecule has 1 aromatic carbocycles. The highest BCUT2D eigenvalue weighted by Crippen LogP contribution is 2.17. The summed E-state index contributed by atoms with van der Waals surface area (Å²) in [5, 5.41) is 14.1. The van der Waals surface area contributed by atoms with E-state index in [-0.39, 0.29) is 18.1 Å². The van der Waals surface area contributed by atoms with Gasteiger partial charge in [0.15, 0.2) is 0 Å². The quantitative estimate of drug-likeness (QED) is 0.584. The van der Waals surface area contributed by atoms with Crippen molar-refractivity contribution >= 4 is 23.3 Å². The Labute approximate surface area is 123 Å². The van der Waals surface area contributed by atoms with E-state index in [1.807, 2.05) is 0 Å². The Balaban J connectivity index is 1.75. The van der Waals surface area contributed by atoms with E-state index in [0.717, 1.165) is 4.52 Å². The van der Waals surface area contributed by atoms with Crippen molar-refractivity contribution in [2.45, 2.75) is 6.42 Å². The van der Waals surface area contributed by atoms with Crippen LogP contribution in [0.1, 0.15) is 5.69 Å². The molecule has 0 bridgehead atoms. The van der Waals surface area contributed by atoms with Gasteiger partial charge in [0.05, 0.1) is 12.1 Å². The number of aromatic nitrogens is 4. The van der Waals surface area contributed by atoms with Gasteiger partial charge in [0.2, 0.25) is 5.88 Å². The molecule has 2 heterocycles. The summed E-state index contributed by atoms with van der Waals surface area (Å²) in [7, 11) is 0. The van der Waals surface area contributed by atoms with Crippen LogP contribution in [0.15, 0.2) is 36.7 Å². The number of hydrogen-bond donors (Lipinski definition) is 1. The number of fused-ring (bicyclic) bond motifs is 1. The summed E-state index contributed by atoms with van der Waals surface area (Å²) in [4.78, 5) is 19.8. The van der Waals surface area contributed by atoms with E-state index in [0.29, 0.717) is 16.5 Å². The van der Waals surface area contributed by atoms with Crippen LogP contribution in [0.2, 0.25) is 5.02 Å². The highest BCUT2D eigenvalue weighted by molar-refractivity contribution is 6.30. The second-order valence-corrected chi connectivity index (χ2v) is 4.62. The standard InChI is InChI=1S/C13H9ClN4O3/c14-8-1-3-10(4-2-8)21-12(20)6-9-5-11(19)18-13(17-9)15-7-16-18/h1-5,7,19H,6H2. The molecular weight excluding hydrogens is 296 g/mol. The Morgan fingerprint density at radius 2 is 2.10 bits per heavy atom. The molecule has 0 saturated carbocycles. The Bertz CT molecular complexity index is 801. The van der Waals surface area contributed by atoms with Crippen molar-refractivity contribution in [3.8, 4) is 11.6 Å². The average molecular weight is 305 g/mol. The normalized spacial score (nSPS) is 10.7. The van der Waals surface area contributed by atoms with E-state index in [1.165, 1.54) is 12.4 Å². The molecule has 0 fully saturated rings. The van der Waals surface area contributed by atoms with Gasteiger partial charge >= 0.3 is 5.97 Å². The third kappa shape index (κ3) is 2.92. The topological polar surface area (TPSA) is 89.6 Å². The molecule has 0 amide bonds. The van der Waals surface area contributed by atoms with Gasteiger partial charge in [-0.25, -0.2) is 4.98 Å². The molecular formula is C13H9ClN4O3. The van der Waals surface area contributed by atoms with E-state index < -0.39 is 5.97 Å². The maximum Gasteiger partial charge on any atom is 0.317 e. The molecule has 0 aliphatic rings. The monoisotopic (exact) mass is 304 g/mol. The zero-order valence-electron chi connectivity index (χ0n) is 10.6. The molecule has 3 rings (SSSR count). The molecule has 0 spiro atoms. The number of carbonyl (C=O) groups excluding carboxylic acids is 1. The molecule has 0 radical (unpaired) electrons. The Kier molecular flexibility index (Phi) is 3.41. The number of aromatic hydroxyl groups is 1. The number of carbonyl (C=O) groups is 1. The minimum absolute atomic E-state index is 0.0977. The van der Waals surface area contributed by atoms with Crippen molar-refractivity contribution < 1.29 is 14.6 Å². The molecule has 0 unspecified atom stereocenters. The van der Waals surface area contributed by atoms with Crippen LogP contribution in [0.3, 0.4) is 0 Å². The van der Waals surface area contributed by atoms with Crippen molar-refractivity contribution in [3.05, 3.63) is 47.4 Å². The number of ether oxygens (including phenoxy) is 1. The largest absolute Gasteiger partial charge is 0.493 e. The van der Waals surface area contributed by atoms with E-state index in [4.69, 9.17) is 16.3 Å². The Morgan fingerprint density at radius 1 is 1.33 bits per heavy atom. The fourth-order valence-corrected chi connectivity index (χ4v) is 1.88. The van der Waals surface area contributed by atoms with Crippen molar-refractivity contribution in [1.82, 2.24) is 19.6 Å². The molecule has 7 nitrogen and oxygen atoms in total. The van der Waals surface area contributed by atoms with Gasteiger partial charge in [-0.2, -0.15) is 14.6 Å². The van der Waals surface area contributed by atoms with Crippen LogP contribution in [0, 0.1) is 0 Å². The molecule has 21 heavy (non-hydrogen) atoms. The summed E-state index contributed by atoms with van der Waals surface area (Å²) >= 11 is 5.75. The lowest BCUT2D eigenvalue weighted by molar-refractivity contribution is -0.133. The van der Waals surface area contributed by atoms with Crippen LogP contribution in [0.25, 0.3) is 5.78 Å². The van der Waals surface area contributed by atoms with Crippen LogP contribution in [0.5, 0.6) is 11.6 Å². The predicted molar refractivity (Wildman–Crippen MR) is 73.2 cm³/mol. The molecule has 0 aliphatic carbocycles. The van der Waals surface area contributed by atoms with Gasteiger partial charge in [0.1, 0.15) is 12.1 Å². The maximum atomic E-state index is 11.8. The smallest absolute Gasteiger partial charge is 0.317 e. The lowest BCUT2D eigenvalue weighted by Crippen LogP contribution is -2.12. The maximum absolute atomic E-state index is 11.8. The number of benzene rings is 1. The minimum Gasteiger partial charge on any atom is -0.493 e. The highest BCUT2D eigenvalue weighted by Gasteiger charge is 2.12. The van der Waals surface area contributed by atoms with Crippen molar-refractivity contribution in [1.29, 1.82) is 0 Å². The van der Waals surface area contributed by atoms with E-state index in [2.05, 4.69) is 15.1 Å². The van der Waals surface area contributed by atoms with E-state index >= 15 is 0 Å². The molecule has 106 valence electrons. The first-order valence-corrected chi connectivity index (χ1v) is 6.34. The van der Waals surface area contributed by atoms with Gasteiger partial charge in [-0.15, -0.1) is 0 Å². The lowest BCUT2D eigenvalue weighted by Gasteiger charge is -2.05. The number of esters is 1. The molecule has 1 N–H and O–H groups in total. The van der Waals surface area contributed by atoms with Gasteiger partial charge in [0.25, 0.3) is 5.78 Å². The number of halogens is 1. The first kappa shape index (κ1) is 13.3. The third-order valence-corrected chi connectivity index (χ3v) is 2.91. The predicted octanol–water partition coefficient (Wildman–Crippen LogP) is 1.63. The number of hydrogen-bond acceptors (Lipinski definition) is 6. The molecule has 0 saturated heterocycles. The molecule has 3 aromatic rings. The third-order valence-electron chi connectivity index (χ3n) is 2.66. The van der Waals surface area contributed by atoms with Crippen LogP contribution in [-0.4, -0.2) is 30.7 Å². The Hall–Kier alpha value is -2.67. The molecule has 0 aliphatic heterocycles. The zero-order chi connectivity index (χ0) is 14.8. The van der Waals surface area contributed by atoms with E-state index in [9.17, 15) is 9.90 Å². The van der Waals surface area contributed by atoms with Crippen LogP contribution in [-0.2, 0) is 11.2 Å². The molecule has 2 aromatic heterocycles. The van der Waals surface area contributed by atoms with Crippen LogP contribution >= 0.6 is 11.6 Å². The van der Waals surface area contributed by atoms with Gasteiger partial charge in [0, 0.05) is 11.1 Å². The average Bonchev–Trinajstić information content (AvgIpc) is 2.90. The Morgan fingerprint density at radius 3 is 2.86 bits per heavy atom. The van der Waals surface area contributed by atoms with Gasteiger partial charge in [-0.1, -0.05) is 11.6 Å². The van der Waals surface area contributed by atoms with Crippen molar-refractivity contribution in [3.63, 3.8) is 0 Å². The van der Waals surface area contributed by atoms with Gasteiger partial charge in [-0.05, 0) is 24.3 Å². The van der Waals surface area contributed by atoms with Crippen LogP contribution in [0.4, 0.5) is 0 Å². The first-order valence-electron chi connectivity index (χ1n) is 5.97. The number of rotatable bonds is 3. The summed E-state index contributed by atoms with van der Waals surface area (Å²) < 4.78 is 6.31. The second kappa shape index (κ2) is 5.37. The first-order chi connectivity index (χ1) is 10.1. The summed E-state index contributed by atoms with van der Waals surface area (Å²) in [5.74, 6) is -0.0543. The lowest BCUT2D eigenvalue weighted by atomic mass is 10.3. The van der Waals surface area contributed by atoms with E-state index in [1.54, 1.807) is 24.3 Å². The van der Waals surface area contributed by atoms with Crippen molar-refractivity contribution in [2.24, 2.45) is 0 Å². The zero-order valence-corrected chi connectivity index (χ0v) is 11.4. The fraction of sp³-hybridized carbons (Fsp3) is 0.0769. The highest BCUT2D eigenvalue weighted by atomic mass is 35.5. The van der Waals surface area contributed by atoms with Gasteiger partial charge in [-0.3, -0.25) is 4.79 Å². The number of nitrogens with zero attached hydrogens (tertiary/aromatic N) is 4. The summed E-state index contributed by atoms with van der Waals surface area (Å²) in [5.41, 5.74) is 0.340. The molecule has 8 heteroatoms. The minimum atomic E-state index is -0.506.